The van der Waals surface area contributed by atoms with Gasteiger partial charge in [-0.3, -0.25) is 0 Å². The lowest BCUT2D eigenvalue weighted by atomic mass is 9.92. The fourth-order valence-corrected chi connectivity index (χ4v) is 3.02. The summed E-state index contributed by atoms with van der Waals surface area (Å²) in [6, 6.07) is 7.95. The van der Waals surface area contributed by atoms with Crippen molar-refractivity contribution in [3.05, 3.63) is 41.0 Å². The van der Waals surface area contributed by atoms with Crippen LogP contribution in [0, 0.1) is 5.92 Å². The maximum absolute atomic E-state index is 8.89. The highest BCUT2D eigenvalue weighted by atomic mass is 16.4. The van der Waals surface area contributed by atoms with E-state index in [0.29, 0.717) is 0 Å². The lowest BCUT2D eigenvalue weighted by Crippen LogP contribution is -2.01. The van der Waals surface area contributed by atoms with Crippen LogP contribution in [0.15, 0.2) is 40.1 Å². The molecule has 1 aromatic carbocycles. The van der Waals surface area contributed by atoms with Crippen molar-refractivity contribution < 1.29 is 10.4 Å². The van der Waals surface area contributed by atoms with Gasteiger partial charge in [-0.05, 0) is 48.4 Å². The SMILES string of the molecule is CCCCC1=C(c2cccc(C=NO)c2)C(C=NO)CC1. The second-order valence-electron chi connectivity index (χ2n) is 5.40. The van der Waals surface area contributed by atoms with Gasteiger partial charge >= 0.3 is 0 Å². The smallest absolute Gasteiger partial charge is 0.0734 e. The Morgan fingerprint density at radius 2 is 2.14 bits per heavy atom. The Morgan fingerprint density at radius 1 is 1.29 bits per heavy atom. The first-order valence-electron chi connectivity index (χ1n) is 7.47. The number of hydrogen-bond acceptors (Lipinski definition) is 4. The molecule has 112 valence electrons. The minimum absolute atomic E-state index is 0.170. The largest absolute Gasteiger partial charge is 0.411 e. The third kappa shape index (κ3) is 3.72. The highest BCUT2D eigenvalue weighted by Gasteiger charge is 2.25. The van der Waals surface area contributed by atoms with Crippen LogP contribution in [0.4, 0.5) is 0 Å². The maximum Gasteiger partial charge on any atom is 0.0734 e. The van der Waals surface area contributed by atoms with E-state index in [2.05, 4.69) is 23.3 Å². The summed E-state index contributed by atoms with van der Waals surface area (Å²) in [6.07, 6.45) is 8.56. The minimum Gasteiger partial charge on any atom is -0.411 e. The molecule has 0 saturated heterocycles. The first-order chi connectivity index (χ1) is 10.3. The first-order valence-corrected chi connectivity index (χ1v) is 7.47. The molecule has 0 fully saturated rings. The minimum atomic E-state index is 0.170. The molecule has 0 bridgehead atoms. The Balaban J connectivity index is 2.39. The van der Waals surface area contributed by atoms with Gasteiger partial charge in [0, 0.05) is 5.92 Å². The fourth-order valence-electron chi connectivity index (χ4n) is 3.02. The molecule has 1 aromatic rings. The molecule has 4 nitrogen and oxygen atoms in total. The Labute approximate surface area is 125 Å². The third-order valence-corrected chi connectivity index (χ3v) is 3.99. The molecule has 2 rings (SSSR count). The first kappa shape index (κ1) is 15.3. The molecule has 2 N–H and O–H groups in total. The number of unbranched alkanes of at least 4 members (excludes halogenated alkanes) is 1. The van der Waals surface area contributed by atoms with Crippen molar-refractivity contribution in [3.8, 4) is 0 Å². The molecule has 0 radical (unpaired) electrons. The van der Waals surface area contributed by atoms with E-state index in [9.17, 15) is 0 Å². The van der Waals surface area contributed by atoms with E-state index in [4.69, 9.17) is 10.4 Å². The molecule has 1 unspecified atom stereocenters. The summed E-state index contributed by atoms with van der Waals surface area (Å²) in [4.78, 5) is 0. The van der Waals surface area contributed by atoms with Crippen molar-refractivity contribution in [2.24, 2.45) is 16.2 Å². The third-order valence-electron chi connectivity index (χ3n) is 3.99. The molecule has 4 heteroatoms. The zero-order chi connectivity index (χ0) is 15.1. The van der Waals surface area contributed by atoms with Crippen LogP contribution in [0.25, 0.3) is 5.57 Å². The van der Waals surface area contributed by atoms with Crippen LogP contribution in [-0.4, -0.2) is 22.8 Å². The van der Waals surface area contributed by atoms with Crippen LogP contribution in [0.5, 0.6) is 0 Å². The topological polar surface area (TPSA) is 65.2 Å². The van der Waals surface area contributed by atoms with Crippen molar-refractivity contribution in [1.82, 2.24) is 0 Å². The second-order valence-corrected chi connectivity index (χ2v) is 5.40. The molecule has 1 aliphatic rings. The summed E-state index contributed by atoms with van der Waals surface area (Å²) in [7, 11) is 0. The lowest BCUT2D eigenvalue weighted by Gasteiger charge is -2.13. The predicted molar refractivity (Wildman–Crippen MR) is 85.3 cm³/mol. The maximum atomic E-state index is 8.89. The van der Waals surface area contributed by atoms with Gasteiger partial charge < -0.3 is 10.4 Å². The van der Waals surface area contributed by atoms with E-state index in [-0.39, 0.29) is 5.92 Å². The van der Waals surface area contributed by atoms with Crippen LogP contribution in [0.3, 0.4) is 0 Å². The highest BCUT2D eigenvalue weighted by Crippen LogP contribution is 2.40. The van der Waals surface area contributed by atoms with E-state index in [1.165, 1.54) is 30.2 Å². The molecule has 1 aliphatic carbocycles. The quantitative estimate of drug-likeness (QED) is 0.465. The van der Waals surface area contributed by atoms with Crippen LogP contribution in [0.2, 0.25) is 0 Å². The van der Waals surface area contributed by atoms with Gasteiger partial charge in [-0.1, -0.05) is 42.3 Å². The summed E-state index contributed by atoms with van der Waals surface area (Å²) >= 11 is 0. The van der Waals surface area contributed by atoms with E-state index < -0.39 is 0 Å². The molecule has 21 heavy (non-hydrogen) atoms. The van der Waals surface area contributed by atoms with E-state index in [1.54, 1.807) is 6.21 Å². The van der Waals surface area contributed by atoms with Crippen LogP contribution >= 0.6 is 0 Å². The number of oxime groups is 2. The molecular formula is C17H22N2O2. The molecule has 1 atom stereocenters. The van der Waals surface area contributed by atoms with Gasteiger partial charge in [0.25, 0.3) is 0 Å². The molecule has 0 aliphatic heterocycles. The van der Waals surface area contributed by atoms with Gasteiger partial charge in [-0.15, -0.1) is 5.16 Å². The monoisotopic (exact) mass is 286 g/mol. The Morgan fingerprint density at radius 3 is 2.86 bits per heavy atom. The number of hydrogen-bond donors (Lipinski definition) is 2. The Bertz CT molecular complexity index is 562. The summed E-state index contributed by atoms with van der Waals surface area (Å²) in [5.74, 6) is 0.170. The molecule has 0 amide bonds. The average molecular weight is 286 g/mol. The van der Waals surface area contributed by atoms with Crippen molar-refractivity contribution in [2.45, 2.75) is 39.0 Å². The molecule has 0 saturated carbocycles. The van der Waals surface area contributed by atoms with Gasteiger partial charge in [0.2, 0.25) is 0 Å². The zero-order valence-electron chi connectivity index (χ0n) is 12.4. The lowest BCUT2D eigenvalue weighted by molar-refractivity contribution is 0.319. The number of benzene rings is 1. The number of nitrogens with zero attached hydrogens (tertiary/aromatic N) is 2. The van der Waals surface area contributed by atoms with Gasteiger partial charge in [0.05, 0.1) is 12.4 Å². The van der Waals surface area contributed by atoms with Crippen molar-refractivity contribution in [3.63, 3.8) is 0 Å². The van der Waals surface area contributed by atoms with Gasteiger partial charge in [0.15, 0.2) is 0 Å². The van der Waals surface area contributed by atoms with Gasteiger partial charge in [0.1, 0.15) is 0 Å². The molecule has 0 spiro atoms. The Kier molecular flexibility index (Phi) is 5.55. The normalized spacial score (nSPS) is 19.2. The van der Waals surface area contributed by atoms with Crippen LogP contribution < -0.4 is 0 Å². The molecule has 0 heterocycles. The summed E-state index contributed by atoms with van der Waals surface area (Å²) in [5, 5.41) is 23.9. The summed E-state index contributed by atoms with van der Waals surface area (Å²) in [5.41, 5.74) is 4.72. The standard InChI is InChI=1S/C17H22N2O2/c1-2-3-6-14-8-9-16(12-19-21)17(14)15-7-4-5-13(10-15)11-18-20/h4-5,7,10-12,16,20-21H,2-3,6,8-9H2,1H3. The van der Waals surface area contributed by atoms with Crippen molar-refractivity contribution >= 4 is 18.0 Å². The van der Waals surface area contributed by atoms with E-state index in [1.807, 2.05) is 18.2 Å². The average Bonchev–Trinajstić information content (AvgIpc) is 2.89. The predicted octanol–water partition coefficient (Wildman–Crippen LogP) is 4.31. The van der Waals surface area contributed by atoms with Gasteiger partial charge in [-0.2, -0.15) is 0 Å². The summed E-state index contributed by atoms with van der Waals surface area (Å²) < 4.78 is 0. The fraction of sp³-hybridized carbons (Fsp3) is 0.412. The zero-order valence-corrected chi connectivity index (χ0v) is 12.4. The second kappa shape index (κ2) is 7.62. The highest BCUT2D eigenvalue weighted by molar-refractivity contribution is 5.88. The van der Waals surface area contributed by atoms with E-state index in [0.717, 1.165) is 30.4 Å². The van der Waals surface area contributed by atoms with Crippen molar-refractivity contribution in [1.29, 1.82) is 0 Å². The number of rotatable bonds is 6. The van der Waals surface area contributed by atoms with E-state index >= 15 is 0 Å². The van der Waals surface area contributed by atoms with Gasteiger partial charge in [-0.25, -0.2) is 0 Å². The number of allylic oxidation sites excluding steroid dienone is 2. The summed E-state index contributed by atoms with van der Waals surface area (Å²) in [6.45, 7) is 2.19. The van der Waals surface area contributed by atoms with Crippen molar-refractivity contribution in [2.75, 3.05) is 0 Å². The van der Waals surface area contributed by atoms with Crippen LogP contribution in [-0.2, 0) is 0 Å². The Hall–Kier alpha value is -2.10. The molecule has 0 aromatic heterocycles. The van der Waals surface area contributed by atoms with Crippen LogP contribution in [0.1, 0.15) is 50.2 Å². The molecular weight excluding hydrogens is 264 g/mol.